The van der Waals surface area contributed by atoms with Crippen LogP contribution in [0.2, 0.25) is 0 Å². The van der Waals surface area contributed by atoms with Gasteiger partial charge < -0.3 is 10.8 Å². The molecule has 1 amide bonds. The van der Waals surface area contributed by atoms with Crippen LogP contribution in [0.4, 0.5) is 10.6 Å². The molecule has 86 valence electrons. The fourth-order valence-corrected chi connectivity index (χ4v) is 1.55. The Morgan fingerprint density at radius 2 is 2.44 bits per heavy atom. The second kappa shape index (κ2) is 3.81. The number of nitrogens with zero attached hydrogens (tertiary/aromatic N) is 3. The van der Waals surface area contributed by atoms with Gasteiger partial charge >= 0.3 is 11.8 Å². The molecule has 16 heavy (non-hydrogen) atoms. The van der Waals surface area contributed by atoms with E-state index in [1.807, 2.05) is 0 Å². The molecule has 1 aliphatic heterocycles. The number of aromatic nitrogens is 2. The molecule has 2 heterocycles. The average molecular weight is 226 g/mol. The van der Waals surface area contributed by atoms with E-state index in [0.29, 0.717) is 6.42 Å². The summed E-state index contributed by atoms with van der Waals surface area (Å²) < 4.78 is 1.18. The van der Waals surface area contributed by atoms with Crippen LogP contribution in [0, 0.1) is 0 Å². The van der Waals surface area contributed by atoms with Gasteiger partial charge in [-0.2, -0.15) is 10.0 Å². The van der Waals surface area contributed by atoms with E-state index in [4.69, 9.17) is 15.7 Å². The standard InChI is InChI=1S/C8H10N4O4/c9-5-1-3-11(7(13)10-5)6-2-4-16-12(6)8(14)15/h1,3,6H,2,4H2,(H,14,15)(H2,9,10,13). The van der Waals surface area contributed by atoms with Crippen LogP contribution >= 0.6 is 0 Å². The van der Waals surface area contributed by atoms with E-state index >= 15 is 0 Å². The van der Waals surface area contributed by atoms with E-state index < -0.39 is 17.9 Å². The van der Waals surface area contributed by atoms with Gasteiger partial charge in [0.05, 0.1) is 6.61 Å². The zero-order chi connectivity index (χ0) is 11.7. The third kappa shape index (κ3) is 1.70. The third-order valence-electron chi connectivity index (χ3n) is 2.24. The number of carbonyl (C=O) groups is 1. The van der Waals surface area contributed by atoms with Gasteiger partial charge in [-0.25, -0.2) is 9.59 Å². The molecule has 0 bridgehead atoms. The number of anilines is 1. The molecule has 1 unspecified atom stereocenters. The molecule has 1 saturated heterocycles. The number of hydroxylamine groups is 2. The SMILES string of the molecule is Nc1ccn(C2CCON2C(=O)O)c(=O)n1. The minimum absolute atomic E-state index is 0.0991. The van der Waals surface area contributed by atoms with Gasteiger partial charge in [0, 0.05) is 12.6 Å². The second-order valence-electron chi connectivity index (χ2n) is 3.25. The van der Waals surface area contributed by atoms with Gasteiger partial charge in [-0.05, 0) is 6.07 Å². The normalized spacial score (nSPS) is 20.0. The molecule has 1 aliphatic rings. The first-order valence-corrected chi connectivity index (χ1v) is 4.59. The van der Waals surface area contributed by atoms with Gasteiger partial charge in [0.1, 0.15) is 12.0 Å². The van der Waals surface area contributed by atoms with E-state index in [1.54, 1.807) is 0 Å². The Morgan fingerprint density at radius 1 is 1.69 bits per heavy atom. The first kappa shape index (κ1) is 10.4. The van der Waals surface area contributed by atoms with Gasteiger partial charge in [0.25, 0.3) is 0 Å². The molecule has 8 heteroatoms. The van der Waals surface area contributed by atoms with Gasteiger partial charge in [0.15, 0.2) is 0 Å². The van der Waals surface area contributed by atoms with E-state index in [2.05, 4.69) is 4.98 Å². The lowest BCUT2D eigenvalue weighted by Gasteiger charge is -2.20. The molecule has 1 atom stereocenters. The highest BCUT2D eigenvalue weighted by atomic mass is 16.7. The average Bonchev–Trinajstić information content (AvgIpc) is 2.66. The summed E-state index contributed by atoms with van der Waals surface area (Å²) in [5.74, 6) is 0.0991. The van der Waals surface area contributed by atoms with Crippen molar-refractivity contribution in [3.8, 4) is 0 Å². The van der Waals surface area contributed by atoms with Crippen molar-refractivity contribution >= 4 is 11.9 Å². The quantitative estimate of drug-likeness (QED) is 0.676. The van der Waals surface area contributed by atoms with Gasteiger partial charge in [-0.15, -0.1) is 0 Å². The molecule has 1 aromatic heterocycles. The predicted octanol–water partition coefficient (Wildman–Crippen LogP) is -0.361. The minimum Gasteiger partial charge on any atom is -0.463 e. The van der Waals surface area contributed by atoms with Crippen LogP contribution in [0.3, 0.4) is 0 Å². The fraction of sp³-hybridized carbons (Fsp3) is 0.375. The van der Waals surface area contributed by atoms with Crippen molar-refractivity contribution in [1.82, 2.24) is 14.6 Å². The molecule has 1 fully saturated rings. The van der Waals surface area contributed by atoms with E-state index in [9.17, 15) is 9.59 Å². The van der Waals surface area contributed by atoms with Crippen LogP contribution < -0.4 is 11.4 Å². The first-order chi connectivity index (χ1) is 7.59. The highest BCUT2D eigenvalue weighted by Crippen LogP contribution is 2.23. The number of hydrogen-bond donors (Lipinski definition) is 2. The highest BCUT2D eigenvalue weighted by molar-refractivity contribution is 5.63. The zero-order valence-electron chi connectivity index (χ0n) is 8.24. The molecule has 1 aromatic rings. The van der Waals surface area contributed by atoms with Crippen LogP contribution in [0.15, 0.2) is 17.1 Å². The summed E-state index contributed by atoms with van der Waals surface area (Å²) in [7, 11) is 0. The number of rotatable bonds is 1. The maximum atomic E-state index is 11.5. The van der Waals surface area contributed by atoms with E-state index in [0.717, 1.165) is 5.06 Å². The van der Waals surface area contributed by atoms with Gasteiger partial charge in [-0.3, -0.25) is 9.40 Å². The molecule has 0 radical (unpaired) electrons. The molecular formula is C8H10N4O4. The summed E-state index contributed by atoms with van der Waals surface area (Å²) >= 11 is 0. The number of nitrogen functional groups attached to an aromatic ring is 1. The van der Waals surface area contributed by atoms with Crippen molar-refractivity contribution in [2.75, 3.05) is 12.3 Å². The van der Waals surface area contributed by atoms with E-state index in [-0.39, 0.29) is 12.4 Å². The largest absolute Gasteiger partial charge is 0.463 e. The summed E-state index contributed by atoms with van der Waals surface area (Å²) in [6.45, 7) is 0.244. The Kier molecular flexibility index (Phi) is 2.49. The van der Waals surface area contributed by atoms with Crippen molar-refractivity contribution in [2.24, 2.45) is 0 Å². The summed E-state index contributed by atoms with van der Waals surface area (Å²) in [4.78, 5) is 30.7. The number of nitrogens with two attached hydrogens (primary N) is 1. The first-order valence-electron chi connectivity index (χ1n) is 4.59. The third-order valence-corrected chi connectivity index (χ3v) is 2.24. The van der Waals surface area contributed by atoms with Crippen molar-refractivity contribution in [1.29, 1.82) is 0 Å². The fourth-order valence-electron chi connectivity index (χ4n) is 1.55. The lowest BCUT2D eigenvalue weighted by Crippen LogP contribution is -2.37. The molecule has 0 saturated carbocycles. The molecular weight excluding hydrogens is 216 g/mol. The predicted molar refractivity (Wildman–Crippen MR) is 52.4 cm³/mol. The van der Waals surface area contributed by atoms with Gasteiger partial charge in [-0.1, -0.05) is 0 Å². The van der Waals surface area contributed by atoms with Crippen LogP contribution in [0.5, 0.6) is 0 Å². The number of amides is 1. The summed E-state index contributed by atoms with van der Waals surface area (Å²) in [5, 5.41) is 9.57. The van der Waals surface area contributed by atoms with Crippen molar-refractivity contribution in [2.45, 2.75) is 12.6 Å². The van der Waals surface area contributed by atoms with Crippen LogP contribution in [0.25, 0.3) is 0 Å². The second-order valence-corrected chi connectivity index (χ2v) is 3.25. The topological polar surface area (TPSA) is 111 Å². The van der Waals surface area contributed by atoms with E-state index in [1.165, 1.54) is 16.8 Å². The summed E-state index contributed by atoms with van der Waals surface area (Å²) in [6.07, 6.45) is -0.123. The van der Waals surface area contributed by atoms with Crippen molar-refractivity contribution in [3.05, 3.63) is 22.7 Å². The Bertz CT molecular complexity index is 471. The lowest BCUT2D eigenvalue weighted by molar-refractivity contribution is -0.118. The molecule has 2 rings (SSSR count). The molecule has 0 spiro atoms. The van der Waals surface area contributed by atoms with Gasteiger partial charge in [0.2, 0.25) is 0 Å². The maximum Gasteiger partial charge on any atom is 0.433 e. The van der Waals surface area contributed by atoms with Crippen LogP contribution in [-0.2, 0) is 4.84 Å². The number of carboxylic acid groups (broad SMARTS) is 1. The van der Waals surface area contributed by atoms with Crippen molar-refractivity contribution in [3.63, 3.8) is 0 Å². The molecule has 8 nitrogen and oxygen atoms in total. The summed E-state index contributed by atoms with van der Waals surface area (Å²) in [5.41, 5.74) is 4.74. The van der Waals surface area contributed by atoms with Crippen LogP contribution in [-0.4, -0.2) is 32.4 Å². The smallest absolute Gasteiger partial charge is 0.433 e. The Hall–Kier alpha value is -2.09. The Balaban J connectivity index is 2.36. The van der Waals surface area contributed by atoms with Crippen LogP contribution in [0.1, 0.15) is 12.6 Å². The van der Waals surface area contributed by atoms with Crippen molar-refractivity contribution < 1.29 is 14.7 Å². The lowest BCUT2D eigenvalue weighted by atomic mass is 10.3. The monoisotopic (exact) mass is 226 g/mol. The Morgan fingerprint density at radius 3 is 3.06 bits per heavy atom. The highest BCUT2D eigenvalue weighted by Gasteiger charge is 2.32. The molecule has 0 aromatic carbocycles. The number of hydrogen-bond acceptors (Lipinski definition) is 5. The molecule has 3 N–H and O–H groups in total. The summed E-state index contributed by atoms with van der Waals surface area (Å²) in [6, 6.07) is 1.43. The minimum atomic E-state index is -1.24. The zero-order valence-corrected chi connectivity index (χ0v) is 8.24. The Labute approximate surface area is 89.8 Å². The molecule has 0 aliphatic carbocycles. The maximum absolute atomic E-state index is 11.5.